The first-order chi connectivity index (χ1) is 10.1. The standard InChI is InChI=1S/C17H13ClFNO/c18-13-6-7-15(19)12(9-13)10-16(21)14-5-1-3-11-4-2-8-20-17(11)14/h1-9,16,21H,10H2. The third kappa shape index (κ3) is 2.89. The van der Waals surface area contributed by atoms with Gasteiger partial charge in [0.2, 0.25) is 0 Å². The van der Waals surface area contributed by atoms with Crippen molar-refractivity contribution in [3.63, 3.8) is 0 Å². The fourth-order valence-electron chi connectivity index (χ4n) is 2.41. The Balaban J connectivity index is 1.97. The zero-order valence-corrected chi connectivity index (χ0v) is 11.9. The van der Waals surface area contributed by atoms with Crippen LogP contribution in [0.5, 0.6) is 0 Å². The third-order valence-electron chi connectivity index (χ3n) is 3.44. The Morgan fingerprint density at radius 1 is 1.14 bits per heavy atom. The summed E-state index contributed by atoms with van der Waals surface area (Å²) in [4.78, 5) is 4.30. The SMILES string of the molecule is OC(Cc1cc(Cl)ccc1F)c1cccc2cccnc12. The summed E-state index contributed by atoms with van der Waals surface area (Å²) in [5, 5.41) is 11.8. The van der Waals surface area contributed by atoms with E-state index in [1.54, 1.807) is 12.3 Å². The molecule has 21 heavy (non-hydrogen) atoms. The number of hydrogen-bond acceptors (Lipinski definition) is 2. The van der Waals surface area contributed by atoms with Gasteiger partial charge in [0.1, 0.15) is 5.82 Å². The van der Waals surface area contributed by atoms with Crippen molar-refractivity contribution in [1.29, 1.82) is 0 Å². The summed E-state index contributed by atoms with van der Waals surface area (Å²) < 4.78 is 13.8. The van der Waals surface area contributed by atoms with Crippen LogP contribution in [-0.4, -0.2) is 10.1 Å². The number of halogens is 2. The fourth-order valence-corrected chi connectivity index (χ4v) is 2.61. The van der Waals surface area contributed by atoms with E-state index in [1.807, 2.05) is 30.3 Å². The van der Waals surface area contributed by atoms with E-state index in [0.717, 1.165) is 10.9 Å². The highest BCUT2D eigenvalue weighted by Gasteiger charge is 2.15. The summed E-state index contributed by atoms with van der Waals surface area (Å²) in [5.41, 5.74) is 1.81. The van der Waals surface area contributed by atoms with Crippen molar-refractivity contribution in [1.82, 2.24) is 4.98 Å². The van der Waals surface area contributed by atoms with E-state index < -0.39 is 6.10 Å². The minimum atomic E-state index is -0.837. The molecule has 4 heteroatoms. The Morgan fingerprint density at radius 3 is 2.81 bits per heavy atom. The Morgan fingerprint density at radius 2 is 1.95 bits per heavy atom. The molecule has 0 saturated carbocycles. The van der Waals surface area contributed by atoms with Crippen molar-refractivity contribution in [2.75, 3.05) is 0 Å². The molecule has 0 bridgehead atoms. The predicted molar refractivity (Wildman–Crippen MR) is 81.8 cm³/mol. The second kappa shape index (κ2) is 5.80. The zero-order valence-electron chi connectivity index (χ0n) is 11.1. The lowest BCUT2D eigenvalue weighted by Gasteiger charge is -2.14. The maximum Gasteiger partial charge on any atom is 0.126 e. The molecule has 0 spiro atoms. The maximum atomic E-state index is 13.8. The molecule has 3 aromatic rings. The minimum Gasteiger partial charge on any atom is -0.388 e. The molecule has 0 radical (unpaired) electrons. The van der Waals surface area contributed by atoms with Crippen LogP contribution >= 0.6 is 11.6 Å². The molecule has 0 aliphatic rings. The van der Waals surface area contributed by atoms with E-state index in [0.29, 0.717) is 16.1 Å². The smallest absolute Gasteiger partial charge is 0.126 e. The molecule has 1 N–H and O–H groups in total. The first kappa shape index (κ1) is 14.0. The number of aliphatic hydroxyl groups is 1. The number of benzene rings is 2. The van der Waals surface area contributed by atoms with Gasteiger partial charge in [0.25, 0.3) is 0 Å². The van der Waals surface area contributed by atoms with Gasteiger partial charge in [-0.1, -0.05) is 35.9 Å². The van der Waals surface area contributed by atoms with Crippen LogP contribution in [0.1, 0.15) is 17.2 Å². The Labute approximate surface area is 126 Å². The summed E-state index contributed by atoms with van der Waals surface area (Å²) >= 11 is 5.88. The molecule has 1 atom stereocenters. The summed E-state index contributed by atoms with van der Waals surface area (Å²) in [6, 6.07) is 13.7. The van der Waals surface area contributed by atoms with Crippen molar-refractivity contribution >= 4 is 22.5 Å². The number of nitrogens with zero attached hydrogens (tertiary/aromatic N) is 1. The summed E-state index contributed by atoms with van der Waals surface area (Å²) in [7, 11) is 0. The highest BCUT2D eigenvalue weighted by molar-refractivity contribution is 6.30. The molecule has 2 aromatic carbocycles. The molecule has 0 amide bonds. The molecule has 3 rings (SSSR count). The third-order valence-corrected chi connectivity index (χ3v) is 3.68. The minimum absolute atomic E-state index is 0.155. The second-order valence-corrected chi connectivity index (χ2v) is 5.31. The molecular formula is C17H13ClFNO. The van der Waals surface area contributed by atoms with Gasteiger partial charge in [-0.05, 0) is 29.8 Å². The van der Waals surface area contributed by atoms with Gasteiger partial charge in [0, 0.05) is 28.6 Å². The average Bonchev–Trinajstić information content (AvgIpc) is 2.50. The Hall–Kier alpha value is -1.97. The molecule has 0 saturated heterocycles. The van der Waals surface area contributed by atoms with Crippen molar-refractivity contribution in [2.24, 2.45) is 0 Å². The number of para-hydroxylation sites is 1. The number of aliphatic hydroxyl groups excluding tert-OH is 1. The van der Waals surface area contributed by atoms with Gasteiger partial charge < -0.3 is 5.11 Å². The van der Waals surface area contributed by atoms with Crippen LogP contribution in [-0.2, 0) is 6.42 Å². The van der Waals surface area contributed by atoms with E-state index in [9.17, 15) is 9.50 Å². The monoisotopic (exact) mass is 301 g/mol. The Bertz CT molecular complexity index is 785. The van der Waals surface area contributed by atoms with E-state index >= 15 is 0 Å². The lowest BCUT2D eigenvalue weighted by Crippen LogP contribution is -2.05. The van der Waals surface area contributed by atoms with Gasteiger partial charge >= 0.3 is 0 Å². The van der Waals surface area contributed by atoms with Crippen molar-refractivity contribution in [2.45, 2.75) is 12.5 Å². The molecule has 106 valence electrons. The maximum absolute atomic E-state index is 13.8. The second-order valence-electron chi connectivity index (χ2n) is 4.88. The van der Waals surface area contributed by atoms with Crippen molar-refractivity contribution in [3.8, 4) is 0 Å². The van der Waals surface area contributed by atoms with Crippen molar-refractivity contribution < 1.29 is 9.50 Å². The van der Waals surface area contributed by atoms with Gasteiger partial charge in [-0.15, -0.1) is 0 Å². The lowest BCUT2D eigenvalue weighted by molar-refractivity contribution is 0.178. The van der Waals surface area contributed by atoms with Crippen LogP contribution in [0.15, 0.2) is 54.7 Å². The number of pyridine rings is 1. The van der Waals surface area contributed by atoms with Gasteiger partial charge in [-0.3, -0.25) is 4.98 Å². The van der Waals surface area contributed by atoms with E-state index in [4.69, 9.17) is 11.6 Å². The number of hydrogen-bond donors (Lipinski definition) is 1. The van der Waals surface area contributed by atoms with Gasteiger partial charge in [-0.2, -0.15) is 0 Å². The largest absolute Gasteiger partial charge is 0.388 e. The molecule has 0 fully saturated rings. The number of fused-ring (bicyclic) bond motifs is 1. The average molecular weight is 302 g/mol. The lowest BCUT2D eigenvalue weighted by atomic mass is 9.98. The molecular weight excluding hydrogens is 289 g/mol. The zero-order chi connectivity index (χ0) is 14.8. The van der Waals surface area contributed by atoms with Gasteiger partial charge in [0.05, 0.1) is 11.6 Å². The first-order valence-corrected chi connectivity index (χ1v) is 6.98. The van der Waals surface area contributed by atoms with Gasteiger partial charge in [-0.25, -0.2) is 4.39 Å². The van der Waals surface area contributed by atoms with E-state index in [2.05, 4.69) is 4.98 Å². The molecule has 2 nitrogen and oxygen atoms in total. The molecule has 0 aliphatic carbocycles. The summed E-state index contributed by atoms with van der Waals surface area (Å²) in [6.45, 7) is 0. The van der Waals surface area contributed by atoms with Crippen LogP contribution in [0.4, 0.5) is 4.39 Å². The molecule has 0 aliphatic heterocycles. The fraction of sp³-hybridized carbons (Fsp3) is 0.118. The Kier molecular flexibility index (Phi) is 3.86. The van der Waals surface area contributed by atoms with Crippen LogP contribution < -0.4 is 0 Å². The topological polar surface area (TPSA) is 33.1 Å². The van der Waals surface area contributed by atoms with Crippen LogP contribution in [0.25, 0.3) is 10.9 Å². The van der Waals surface area contributed by atoms with Crippen LogP contribution in [0.2, 0.25) is 5.02 Å². The molecule has 1 unspecified atom stereocenters. The predicted octanol–water partition coefficient (Wildman–Crippen LogP) is 4.30. The number of rotatable bonds is 3. The quantitative estimate of drug-likeness (QED) is 0.782. The van der Waals surface area contributed by atoms with Crippen LogP contribution in [0.3, 0.4) is 0 Å². The van der Waals surface area contributed by atoms with Gasteiger partial charge in [0.15, 0.2) is 0 Å². The highest BCUT2D eigenvalue weighted by Crippen LogP contribution is 2.26. The number of aromatic nitrogens is 1. The van der Waals surface area contributed by atoms with E-state index in [-0.39, 0.29) is 12.2 Å². The van der Waals surface area contributed by atoms with E-state index in [1.165, 1.54) is 12.1 Å². The summed E-state index contributed by atoms with van der Waals surface area (Å²) in [5.74, 6) is -0.369. The summed E-state index contributed by atoms with van der Waals surface area (Å²) in [6.07, 6.45) is 0.997. The molecule has 1 heterocycles. The van der Waals surface area contributed by atoms with Crippen molar-refractivity contribution in [3.05, 3.63) is 76.7 Å². The molecule has 1 aromatic heterocycles. The van der Waals surface area contributed by atoms with Crippen LogP contribution in [0, 0.1) is 5.82 Å². The highest BCUT2D eigenvalue weighted by atomic mass is 35.5. The normalized spacial score (nSPS) is 12.5. The first-order valence-electron chi connectivity index (χ1n) is 6.61.